The van der Waals surface area contributed by atoms with E-state index in [2.05, 4.69) is 12.2 Å². The molecule has 4 nitrogen and oxygen atoms in total. The van der Waals surface area contributed by atoms with E-state index in [0.29, 0.717) is 0 Å². The number of carbonyl (C=O) groups is 1. The highest BCUT2D eigenvalue weighted by molar-refractivity contribution is 5.85. The molecule has 20 heavy (non-hydrogen) atoms. The monoisotopic (exact) mass is 300 g/mol. The first-order valence-corrected chi connectivity index (χ1v) is 6.78. The van der Waals surface area contributed by atoms with Crippen LogP contribution >= 0.6 is 12.4 Å². The van der Waals surface area contributed by atoms with E-state index in [-0.39, 0.29) is 24.4 Å². The maximum absolute atomic E-state index is 11.8. The summed E-state index contributed by atoms with van der Waals surface area (Å²) in [4.78, 5) is 11.8. The van der Waals surface area contributed by atoms with Crippen LogP contribution in [0.4, 0.5) is 0 Å². The molecule has 0 heterocycles. The van der Waals surface area contributed by atoms with Crippen molar-refractivity contribution in [3.8, 4) is 5.75 Å². The third-order valence-electron chi connectivity index (χ3n) is 3.09. The lowest BCUT2D eigenvalue weighted by Crippen LogP contribution is -2.40. The summed E-state index contributed by atoms with van der Waals surface area (Å²) in [5, 5.41) is 3.00. The van der Waals surface area contributed by atoms with Gasteiger partial charge in [-0.25, -0.2) is 0 Å². The van der Waals surface area contributed by atoms with Crippen molar-refractivity contribution >= 4 is 18.3 Å². The SMILES string of the molecule is CCCCC(NC(=O)[C@H](C)N)c1ccc(OC)cc1.Cl. The normalized spacial score (nSPS) is 13.0. The van der Waals surface area contributed by atoms with E-state index in [0.717, 1.165) is 30.6 Å². The van der Waals surface area contributed by atoms with Crippen LogP contribution in [0.3, 0.4) is 0 Å². The minimum atomic E-state index is -0.484. The molecule has 0 saturated carbocycles. The molecule has 5 heteroatoms. The highest BCUT2D eigenvalue weighted by Gasteiger charge is 2.16. The molecule has 114 valence electrons. The first kappa shape index (κ1) is 18.7. The number of unbranched alkanes of at least 4 members (excludes halogenated alkanes) is 1. The van der Waals surface area contributed by atoms with Crippen molar-refractivity contribution in [3.63, 3.8) is 0 Å². The molecule has 3 N–H and O–H groups in total. The fourth-order valence-corrected chi connectivity index (χ4v) is 1.87. The number of hydrogen-bond acceptors (Lipinski definition) is 3. The van der Waals surface area contributed by atoms with Crippen LogP contribution in [0.2, 0.25) is 0 Å². The number of halogens is 1. The molecule has 1 aromatic carbocycles. The van der Waals surface area contributed by atoms with E-state index in [1.807, 2.05) is 24.3 Å². The molecule has 1 aromatic rings. The summed E-state index contributed by atoms with van der Waals surface area (Å²) in [6.07, 6.45) is 3.08. The standard InChI is InChI=1S/C15H24N2O2.ClH/c1-4-5-6-14(17-15(18)11(2)16)12-7-9-13(19-3)10-8-12;/h7-11,14H,4-6,16H2,1-3H3,(H,17,18);1H/t11-,14?;/m0./s1. The molecule has 2 atom stereocenters. The van der Waals surface area contributed by atoms with E-state index in [9.17, 15) is 4.79 Å². The van der Waals surface area contributed by atoms with E-state index in [1.165, 1.54) is 0 Å². The van der Waals surface area contributed by atoms with E-state index < -0.39 is 6.04 Å². The predicted molar refractivity (Wildman–Crippen MR) is 84.3 cm³/mol. The number of benzene rings is 1. The number of methoxy groups -OCH3 is 1. The van der Waals surface area contributed by atoms with Crippen molar-refractivity contribution in [2.24, 2.45) is 5.73 Å². The Morgan fingerprint density at radius 2 is 1.95 bits per heavy atom. The van der Waals surface area contributed by atoms with Gasteiger partial charge in [0, 0.05) is 0 Å². The minimum absolute atomic E-state index is 0. The Morgan fingerprint density at radius 1 is 1.35 bits per heavy atom. The van der Waals surface area contributed by atoms with Gasteiger partial charge in [0.2, 0.25) is 5.91 Å². The van der Waals surface area contributed by atoms with Crippen LogP contribution in [-0.4, -0.2) is 19.1 Å². The molecule has 0 spiro atoms. The highest BCUT2D eigenvalue weighted by atomic mass is 35.5. The van der Waals surface area contributed by atoms with Crippen molar-refractivity contribution < 1.29 is 9.53 Å². The number of ether oxygens (including phenoxy) is 1. The zero-order chi connectivity index (χ0) is 14.3. The summed E-state index contributed by atoms with van der Waals surface area (Å²) in [6, 6.07) is 7.33. The highest BCUT2D eigenvalue weighted by Crippen LogP contribution is 2.22. The number of rotatable bonds is 7. The molecule has 0 aliphatic rings. The minimum Gasteiger partial charge on any atom is -0.497 e. The number of amides is 1. The zero-order valence-corrected chi connectivity index (χ0v) is 13.2. The summed E-state index contributed by atoms with van der Waals surface area (Å²) in [5.74, 6) is 0.702. The molecule has 0 radical (unpaired) electrons. The fourth-order valence-electron chi connectivity index (χ4n) is 1.87. The molecule has 1 rings (SSSR count). The summed E-state index contributed by atoms with van der Waals surface area (Å²) in [7, 11) is 1.64. The number of nitrogens with one attached hydrogen (secondary N) is 1. The smallest absolute Gasteiger partial charge is 0.237 e. The Bertz CT molecular complexity index is 393. The second-order valence-electron chi connectivity index (χ2n) is 4.77. The third-order valence-corrected chi connectivity index (χ3v) is 3.09. The van der Waals surface area contributed by atoms with Gasteiger partial charge >= 0.3 is 0 Å². The van der Waals surface area contributed by atoms with Gasteiger partial charge in [0.15, 0.2) is 0 Å². The second kappa shape index (κ2) is 9.61. The van der Waals surface area contributed by atoms with Gasteiger partial charge in [-0.2, -0.15) is 0 Å². The van der Waals surface area contributed by atoms with Crippen molar-refractivity contribution in [2.45, 2.75) is 45.2 Å². The average Bonchev–Trinajstić information content (AvgIpc) is 2.43. The Balaban J connectivity index is 0.00000361. The third kappa shape index (κ3) is 5.80. The van der Waals surface area contributed by atoms with Crippen LogP contribution in [0.1, 0.15) is 44.7 Å². The maximum atomic E-state index is 11.8. The molecule has 0 aliphatic heterocycles. The van der Waals surface area contributed by atoms with Crippen LogP contribution in [0, 0.1) is 0 Å². The van der Waals surface area contributed by atoms with Gasteiger partial charge in [0.25, 0.3) is 0 Å². The lowest BCUT2D eigenvalue weighted by molar-refractivity contribution is -0.122. The molecule has 1 unspecified atom stereocenters. The topological polar surface area (TPSA) is 64.4 Å². The molecule has 0 saturated heterocycles. The number of hydrogen-bond donors (Lipinski definition) is 2. The van der Waals surface area contributed by atoms with E-state index in [4.69, 9.17) is 10.5 Å². The molecular weight excluding hydrogens is 276 g/mol. The largest absolute Gasteiger partial charge is 0.497 e. The Kier molecular flexibility index (Phi) is 9.01. The van der Waals surface area contributed by atoms with Gasteiger partial charge in [-0.1, -0.05) is 31.9 Å². The predicted octanol–water partition coefficient (Wildman–Crippen LogP) is 2.81. The van der Waals surface area contributed by atoms with Gasteiger partial charge in [-0.05, 0) is 31.0 Å². The quantitative estimate of drug-likeness (QED) is 0.814. The van der Waals surface area contributed by atoms with E-state index >= 15 is 0 Å². The first-order chi connectivity index (χ1) is 9.08. The van der Waals surface area contributed by atoms with Crippen molar-refractivity contribution in [1.29, 1.82) is 0 Å². The van der Waals surface area contributed by atoms with Crippen LogP contribution in [0.15, 0.2) is 24.3 Å². The fraction of sp³-hybridized carbons (Fsp3) is 0.533. The average molecular weight is 301 g/mol. The molecule has 0 aromatic heterocycles. The summed E-state index contributed by atoms with van der Waals surface area (Å²) >= 11 is 0. The Labute approximate surface area is 127 Å². The van der Waals surface area contributed by atoms with Crippen LogP contribution in [-0.2, 0) is 4.79 Å². The summed E-state index contributed by atoms with van der Waals surface area (Å²) < 4.78 is 5.14. The number of nitrogens with two attached hydrogens (primary N) is 1. The Morgan fingerprint density at radius 3 is 2.40 bits per heavy atom. The zero-order valence-electron chi connectivity index (χ0n) is 12.4. The van der Waals surface area contributed by atoms with Crippen LogP contribution in [0.5, 0.6) is 5.75 Å². The molecule has 0 fully saturated rings. The van der Waals surface area contributed by atoms with Crippen LogP contribution < -0.4 is 15.8 Å². The maximum Gasteiger partial charge on any atom is 0.237 e. The van der Waals surface area contributed by atoms with E-state index in [1.54, 1.807) is 14.0 Å². The van der Waals surface area contributed by atoms with Gasteiger partial charge in [-0.3, -0.25) is 4.79 Å². The molecule has 1 amide bonds. The van der Waals surface area contributed by atoms with Gasteiger partial charge in [0.05, 0.1) is 19.2 Å². The lowest BCUT2D eigenvalue weighted by Gasteiger charge is -2.20. The molecular formula is C15H25ClN2O2. The first-order valence-electron chi connectivity index (χ1n) is 6.78. The summed E-state index contributed by atoms with van der Waals surface area (Å²) in [5.41, 5.74) is 6.69. The van der Waals surface area contributed by atoms with Gasteiger partial charge in [-0.15, -0.1) is 12.4 Å². The second-order valence-corrected chi connectivity index (χ2v) is 4.77. The van der Waals surface area contributed by atoms with Crippen molar-refractivity contribution in [3.05, 3.63) is 29.8 Å². The van der Waals surface area contributed by atoms with Crippen molar-refractivity contribution in [2.75, 3.05) is 7.11 Å². The summed E-state index contributed by atoms with van der Waals surface area (Å²) in [6.45, 7) is 3.83. The Hall–Kier alpha value is -1.26. The number of carbonyl (C=O) groups excluding carboxylic acids is 1. The lowest BCUT2D eigenvalue weighted by atomic mass is 10.0. The van der Waals surface area contributed by atoms with Crippen LogP contribution in [0.25, 0.3) is 0 Å². The molecule has 0 aliphatic carbocycles. The van der Waals surface area contributed by atoms with Gasteiger partial charge in [0.1, 0.15) is 5.75 Å². The van der Waals surface area contributed by atoms with Gasteiger partial charge < -0.3 is 15.8 Å². The van der Waals surface area contributed by atoms with Crippen molar-refractivity contribution in [1.82, 2.24) is 5.32 Å². The molecule has 0 bridgehead atoms.